The first-order chi connectivity index (χ1) is 3.31. The van der Waals surface area contributed by atoms with Gasteiger partial charge >= 0.3 is 35.5 Å². The molecular formula is C4H10NNaO2. The van der Waals surface area contributed by atoms with Crippen LogP contribution < -0.4 is 5.48 Å². The van der Waals surface area contributed by atoms with Crippen molar-refractivity contribution in [3.63, 3.8) is 0 Å². The molecule has 0 atom stereocenters. The summed E-state index contributed by atoms with van der Waals surface area (Å²) in [6, 6.07) is 0. The van der Waals surface area contributed by atoms with E-state index in [0.717, 1.165) is 0 Å². The van der Waals surface area contributed by atoms with Crippen LogP contribution in [0.5, 0.6) is 0 Å². The van der Waals surface area contributed by atoms with E-state index in [9.17, 15) is 4.79 Å². The number of hydrogen-bond acceptors (Lipinski definition) is 3. The fourth-order valence-electron chi connectivity index (χ4n) is 0.186. The number of hydroxylamine groups is 1. The van der Waals surface area contributed by atoms with Crippen molar-refractivity contribution in [2.45, 2.75) is 13.3 Å². The minimum atomic E-state index is -0.234. The molecule has 0 heterocycles. The van der Waals surface area contributed by atoms with E-state index in [-0.39, 0.29) is 35.5 Å². The molecule has 0 spiro atoms. The second-order valence-corrected chi connectivity index (χ2v) is 1.03. The average Bonchev–Trinajstić information content (AvgIpc) is 1.68. The van der Waals surface area contributed by atoms with Crippen LogP contribution in [0.2, 0.25) is 0 Å². The van der Waals surface area contributed by atoms with Crippen molar-refractivity contribution in [2.24, 2.45) is 0 Å². The summed E-state index contributed by atoms with van der Waals surface area (Å²) in [5.74, 6) is -0.234. The SMILES string of the molecule is CCC(=O)ONC.[NaH]. The van der Waals surface area contributed by atoms with Crippen LogP contribution >= 0.6 is 0 Å². The summed E-state index contributed by atoms with van der Waals surface area (Å²) in [5.41, 5.74) is 2.27. The van der Waals surface area contributed by atoms with Gasteiger partial charge in [-0.25, -0.2) is 0 Å². The zero-order valence-corrected chi connectivity index (χ0v) is 4.52. The van der Waals surface area contributed by atoms with Gasteiger partial charge in [0.2, 0.25) is 0 Å². The van der Waals surface area contributed by atoms with Crippen LogP contribution in [0, 0.1) is 0 Å². The second kappa shape index (κ2) is 7.43. The minimum absolute atomic E-state index is 0. The Morgan fingerprint density at radius 2 is 2.25 bits per heavy atom. The van der Waals surface area contributed by atoms with E-state index in [1.807, 2.05) is 0 Å². The molecule has 0 aromatic rings. The van der Waals surface area contributed by atoms with Crippen molar-refractivity contribution in [1.29, 1.82) is 0 Å². The Kier molecular flexibility index (Phi) is 10.5. The summed E-state index contributed by atoms with van der Waals surface area (Å²) in [6.07, 6.45) is 0.418. The summed E-state index contributed by atoms with van der Waals surface area (Å²) in [5, 5.41) is 0. The van der Waals surface area contributed by atoms with Gasteiger partial charge in [0, 0.05) is 13.5 Å². The van der Waals surface area contributed by atoms with Crippen molar-refractivity contribution < 1.29 is 9.63 Å². The molecule has 0 aliphatic rings. The number of nitrogens with one attached hydrogen (secondary N) is 1. The first kappa shape index (κ1) is 11.3. The Morgan fingerprint density at radius 3 is 2.38 bits per heavy atom. The maximum absolute atomic E-state index is 10.1. The van der Waals surface area contributed by atoms with Gasteiger partial charge in [0.05, 0.1) is 0 Å². The summed E-state index contributed by atoms with van der Waals surface area (Å²) < 4.78 is 0. The number of carbonyl (C=O) groups excluding carboxylic acids is 1. The molecule has 0 saturated carbocycles. The molecule has 0 unspecified atom stereocenters. The molecule has 0 aliphatic heterocycles. The van der Waals surface area contributed by atoms with E-state index in [1.165, 1.54) is 0 Å². The zero-order chi connectivity index (χ0) is 5.70. The van der Waals surface area contributed by atoms with Crippen LogP contribution in [0.25, 0.3) is 0 Å². The van der Waals surface area contributed by atoms with Gasteiger partial charge in [-0.1, -0.05) is 6.92 Å². The standard InChI is InChI=1S/C4H9NO2.Na.H/c1-3-4(6)7-5-2;;/h5H,3H2,1-2H3;;. The molecule has 0 saturated heterocycles. The summed E-state index contributed by atoms with van der Waals surface area (Å²) in [4.78, 5) is 14.4. The van der Waals surface area contributed by atoms with Crippen molar-refractivity contribution in [3.05, 3.63) is 0 Å². The Morgan fingerprint density at radius 1 is 1.75 bits per heavy atom. The Hall–Kier alpha value is 0.430. The molecule has 0 fully saturated rings. The average molecular weight is 127 g/mol. The van der Waals surface area contributed by atoms with Gasteiger partial charge in [-0.15, -0.1) is 0 Å². The van der Waals surface area contributed by atoms with E-state index >= 15 is 0 Å². The van der Waals surface area contributed by atoms with Crippen LogP contribution in [0.3, 0.4) is 0 Å². The van der Waals surface area contributed by atoms with Gasteiger partial charge in [-0.05, 0) is 0 Å². The van der Waals surface area contributed by atoms with E-state index in [0.29, 0.717) is 6.42 Å². The molecule has 3 nitrogen and oxygen atoms in total. The van der Waals surface area contributed by atoms with E-state index < -0.39 is 0 Å². The number of rotatable bonds is 2. The van der Waals surface area contributed by atoms with E-state index in [4.69, 9.17) is 0 Å². The van der Waals surface area contributed by atoms with Crippen molar-refractivity contribution in [2.75, 3.05) is 7.05 Å². The number of hydrogen-bond donors (Lipinski definition) is 1. The predicted octanol–water partition coefficient (Wildman–Crippen LogP) is -0.575. The van der Waals surface area contributed by atoms with Crippen LogP contribution in [-0.2, 0) is 9.63 Å². The summed E-state index contributed by atoms with van der Waals surface area (Å²) in [6.45, 7) is 1.74. The summed E-state index contributed by atoms with van der Waals surface area (Å²) in [7, 11) is 1.55. The molecule has 0 aliphatic carbocycles. The van der Waals surface area contributed by atoms with E-state index in [1.54, 1.807) is 14.0 Å². The van der Waals surface area contributed by atoms with Crippen LogP contribution in [0.1, 0.15) is 13.3 Å². The maximum atomic E-state index is 10.1. The molecule has 0 aromatic heterocycles. The van der Waals surface area contributed by atoms with Gasteiger partial charge < -0.3 is 4.84 Å². The Balaban J connectivity index is 0. The molecule has 1 N–H and O–H groups in total. The third kappa shape index (κ3) is 6.43. The van der Waals surface area contributed by atoms with Gasteiger partial charge in [0.25, 0.3) is 0 Å². The number of carbonyl (C=O) groups is 1. The fraction of sp³-hybridized carbons (Fsp3) is 0.750. The molecule has 0 rings (SSSR count). The monoisotopic (exact) mass is 127 g/mol. The molecule has 0 bridgehead atoms. The predicted molar refractivity (Wildman–Crippen MR) is 32.6 cm³/mol. The molecule has 8 heavy (non-hydrogen) atoms. The van der Waals surface area contributed by atoms with Gasteiger partial charge in [0.1, 0.15) is 0 Å². The Labute approximate surface area is 71.0 Å². The topological polar surface area (TPSA) is 38.3 Å². The van der Waals surface area contributed by atoms with Gasteiger partial charge in [-0.3, -0.25) is 4.79 Å². The van der Waals surface area contributed by atoms with Gasteiger partial charge in [0.15, 0.2) is 0 Å². The van der Waals surface area contributed by atoms with E-state index in [2.05, 4.69) is 10.3 Å². The molecule has 0 radical (unpaired) electrons. The zero-order valence-electron chi connectivity index (χ0n) is 4.52. The van der Waals surface area contributed by atoms with Crippen molar-refractivity contribution in [3.8, 4) is 0 Å². The fourth-order valence-corrected chi connectivity index (χ4v) is 0.186. The second-order valence-electron chi connectivity index (χ2n) is 1.03. The third-order valence-corrected chi connectivity index (χ3v) is 0.505. The van der Waals surface area contributed by atoms with Crippen molar-refractivity contribution >= 4 is 35.5 Å². The van der Waals surface area contributed by atoms with Crippen molar-refractivity contribution in [1.82, 2.24) is 5.48 Å². The molecule has 4 heteroatoms. The third-order valence-electron chi connectivity index (χ3n) is 0.505. The first-order valence-electron chi connectivity index (χ1n) is 2.17. The first-order valence-corrected chi connectivity index (χ1v) is 2.17. The van der Waals surface area contributed by atoms with Crippen LogP contribution in [0.4, 0.5) is 0 Å². The molecule has 0 aromatic carbocycles. The van der Waals surface area contributed by atoms with Crippen LogP contribution in [0.15, 0.2) is 0 Å². The quantitative estimate of drug-likeness (QED) is 0.398. The Bertz CT molecular complexity index is 67.1. The molecule has 0 amide bonds. The summed E-state index contributed by atoms with van der Waals surface area (Å²) >= 11 is 0. The normalized spacial score (nSPS) is 7.25. The van der Waals surface area contributed by atoms with Gasteiger partial charge in [-0.2, -0.15) is 5.48 Å². The van der Waals surface area contributed by atoms with Crippen LogP contribution in [-0.4, -0.2) is 42.6 Å². The molecular weight excluding hydrogens is 117 g/mol. The molecule has 44 valence electrons.